The molecule has 144 valence electrons. The molecule has 0 bridgehead atoms. The molecule has 0 unspecified atom stereocenters. The van der Waals surface area contributed by atoms with Crippen molar-refractivity contribution in [2.24, 2.45) is 4.99 Å². The number of halogens is 1. The SMILES string of the molecule is CCNC(=NCc1ccc(Br)cc1C)NC1CCN(c2ccccn2)CC1. The number of hydrogen-bond donors (Lipinski definition) is 2. The van der Waals surface area contributed by atoms with Crippen molar-refractivity contribution >= 4 is 27.7 Å². The standard InChI is InChI=1S/C21H28BrN5/c1-3-23-21(25-15-17-7-8-18(22)14-16(17)2)26-19-9-12-27(13-10-19)20-6-4-5-11-24-20/h4-8,11,14,19H,3,9-10,12-13,15H2,1-2H3,(H2,23,25,26). The molecule has 0 atom stereocenters. The first-order valence-electron chi connectivity index (χ1n) is 9.61. The van der Waals surface area contributed by atoms with E-state index in [0.29, 0.717) is 12.6 Å². The number of anilines is 1. The van der Waals surface area contributed by atoms with Crippen LogP contribution in [-0.2, 0) is 6.54 Å². The van der Waals surface area contributed by atoms with Crippen molar-refractivity contribution in [1.82, 2.24) is 15.6 Å². The first-order valence-corrected chi connectivity index (χ1v) is 10.4. The van der Waals surface area contributed by atoms with Crippen LogP contribution in [-0.4, -0.2) is 36.6 Å². The zero-order valence-electron chi connectivity index (χ0n) is 16.1. The van der Waals surface area contributed by atoms with Gasteiger partial charge < -0.3 is 15.5 Å². The van der Waals surface area contributed by atoms with E-state index in [1.54, 1.807) is 0 Å². The fraction of sp³-hybridized carbons (Fsp3) is 0.429. The van der Waals surface area contributed by atoms with Gasteiger partial charge in [0, 0.05) is 36.3 Å². The van der Waals surface area contributed by atoms with E-state index in [-0.39, 0.29) is 0 Å². The first kappa shape index (κ1) is 19.7. The van der Waals surface area contributed by atoms with Crippen LogP contribution < -0.4 is 15.5 Å². The molecule has 5 nitrogen and oxygen atoms in total. The van der Waals surface area contributed by atoms with Crippen LogP contribution in [0.1, 0.15) is 30.9 Å². The Morgan fingerprint density at radius 2 is 2.07 bits per heavy atom. The van der Waals surface area contributed by atoms with Crippen molar-refractivity contribution < 1.29 is 0 Å². The van der Waals surface area contributed by atoms with Gasteiger partial charge >= 0.3 is 0 Å². The highest BCUT2D eigenvalue weighted by Gasteiger charge is 2.20. The second-order valence-electron chi connectivity index (χ2n) is 6.86. The smallest absolute Gasteiger partial charge is 0.191 e. The Morgan fingerprint density at radius 3 is 2.74 bits per heavy atom. The average molecular weight is 430 g/mol. The fourth-order valence-corrected chi connectivity index (χ4v) is 3.78. The lowest BCUT2D eigenvalue weighted by Gasteiger charge is -2.33. The Kier molecular flexibility index (Phi) is 7.10. The van der Waals surface area contributed by atoms with Crippen LogP contribution in [0.2, 0.25) is 0 Å². The largest absolute Gasteiger partial charge is 0.357 e. The Bertz CT molecular complexity index is 754. The van der Waals surface area contributed by atoms with Crippen LogP contribution in [0.15, 0.2) is 52.1 Å². The van der Waals surface area contributed by atoms with Crippen LogP contribution in [0.3, 0.4) is 0 Å². The fourth-order valence-electron chi connectivity index (χ4n) is 3.31. The molecule has 3 rings (SSSR count). The number of aromatic nitrogens is 1. The number of rotatable bonds is 5. The lowest BCUT2D eigenvalue weighted by atomic mass is 10.1. The molecule has 1 fully saturated rings. The highest BCUT2D eigenvalue weighted by Crippen LogP contribution is 2.18. The van der Waals surface area contributed by atoms with Gasteiger partial charge in [0.25, 0.3) is 0 Å². The van der Waals surface area contributed by atoms with Crippen LogP contribution in [0.4, 0.5) is 5.82 Å². The molecule has 1 aromatic carbocycles. The van der Waals surface area contributed by atoms with E-state index in [2.05, 4.69) is 74.6 Å². The maximum absolute atomic E-state index is 4.80. The lowest BCUT2D eigenvalue weighted by molar-refractivity contribution is 0.459. The molecule has 2 N–H and O–H groups in total. The zero-order chi connectivity index (χ0) is 19.1. The predicted molar refractivity (Wildman–Crippen MR) is 116 cm³/mol. The number of pyridine rings is 1. The molecule has 2 aromatic rings. The van der Waals surface area contributed by atoms with Gasteiger partial charge in [-0.15, -0.1) is 0 Å². The van der Waals surface area contributed by atoms with Crippen molar-refractivity contribution in [3.8, 4) is 0 Å². The van der Waals surface area contributed by atoms with E-state index in [4.69, 9.17) is 4.99 Å². The molecule has 2 heterocycles. The van der Waals surface area contributed by atoms with Gasteiger partial charge in [-0.3, -0.25) is 0 Å². The highest BCUT2D eigenvalue weighted by atomic mass is 79.9. The quantitative estimate of drug-likeness (QED) is 0.559. The summed E-state index contributed by atoms with van der Waals surface area (Å²) in [6.07, 6.45) is 4.02. The summed E-state index contributed by atoms with van der Waals surface area (Å²) in [5, 5.41) is 6.99. The van der Waals surface area contributed by atoms with Crippen molar-refractivity contribution in [2.45, 2.75) is 39.3 Å². The molecule has 0 saturated carbocycles. The zero-order valence-corrected chi connectivity index (χ0v) is 17.7. The molecule has 1 aliphatic heterocycles. The second-order valence-corrected chi connectivity index (χ2v) is 7.78. The van der Waals surface area contributed by atoms with Crippen LogP contribution in [0, 0.1) is 6.92 Å². The Hall–Kier alpha value is -2.08. The van der Waals surface area contributed by atoms with Crippen molar-refractivity contribution in [1.29, 1.82) is 0 Å². The predicted octanol–water partition coefficient (Wildman–Crippen LogP) is 3.88. The minimum absolute atomic E-state index is 0.439. The van der Waals surface area contributed by atoms with E-state index in [9.17, 15) is 0 Å². The van der Waals surface area contributed by atoms with Crippen LogP contribution in [0.25, 0.3) is 0 Å². The molecule has 0 spiro atoms. The number of nitrogens with zero attached hydrogens (tertiary/aromatic N) is 3. The van der Waals surface area contributed by atoms with Gasteiger partial charge in [0.05, 0.1) is 6.54 Å². The van der Waals surface area contributed by atoms with Gasteiger partial charge in [0.1, 0.15) is 5.82 Å². The molecule has 1 aliphatic rings. The Balaban J connectivity index is 1.56. The molecule has 1 saturated heterocycles. The number of aliphatic imine (C=N–C) groups is 1. The number of nitrogens with one attached hydrogen (secondary N) is 2. The molecular formula is C21H28BrN5. The molecule has 6 heteroatoms. The van der Waals surface area contributed by atoms with E-state index in [1.807, 2.05) is 18.3 Å². The molecular weight excluding hydrogens is 402 g/mol. The van der Waals surface area contributed by atoms with Gasteiger partial charge in [-0.1, -0.05) is 28.1 Å². The van der Waals surface area contributed by atoms with Gasteiger partial charge in [-0.05, 0) is 62.1 Å². The Morgan fingerprint density at radius 1 is 1.26 bits per heavy atom. The summed E-state index contributed by atoms with van der Waals surface area (Å²) in [4.78, 5) is 11.6. The topological polar surface area (TPSA) is 52.6 Å². The summed E-state index contributed by atoms with van der Waals surface area (Å²) < 4.78 is 1.11. The number of guanidine groups is 1. The van der Waals surface area contributed by atoms with Crippen LogP contribution in [0.5, 0.6) is 0 Å². The maximum Gasteiger partial charge on any atom is 0.191 e. The van der Waals surface area contributed by atoms with Gasteiger partial charge in [-0.25, -0.2) is 9.98 Å². The maximum atomic E-state index is 4.80. The number of aryl methyl sites for hydroxylation is 1. The third-order valence-electron chi connectivity index (χ3n) is 4.87. The summed E-state index contributed by atoms with van der Waals surface area (Å²) in [6.45, 7) is 7.80. The minimum Gasteiger partial charge on any atom is -0.357 e. The normalized spacial score (nSPS) is 15.7. The van der Waals surface area contributed by atoms with Crippen molar-refractivity contribution in [2.75, 3.05) is 24.5 Å². The average Bonchev–Trinajstić information content (AvgIpc) is 2.68. The van der Waals surface area contributed by atoms with Gasteiger partial charge in [-0.2, -0.15) is 0 Å². The van der Waals surface area contributed by atoms with Crippen LogP contribution >= 0.6 is 15.9 Å². The molecule has 27 heavy (non-hydrogen) atoms. The third kappa shape index (κ3) is 5.70. The first-order chi connectivity index (χ1) is 13.2. The van der Waals surface area contributed by atoms with Crippen molar-refractivity contribution in [3.63, 3.8) is 0 Å². The lowest BCUT2D eigenvalue weighted by Crippen LogP contribution is -2.48. The van der Waals surface area contributed by atoms with Crippen molar-refractivity contribution in [3.05, 3.63) is 58.2 Å². The monoisotopic (exact) mass is 429 g/mol. The molecule has 0 aliphatic carbocycles. The molecule has 0 radical (unpaired) electrons. The summed E-state index contributed by atoms with van der Waals surface area (Å²) in [5.74, 6) is 1.97. The molecule has 1 aromatic heterocycles. The van der Waals surface area contributed by atoms with E-state index < -0.39 is 0 Å². The van der Waals surface area contributed by atoms with E-state index in [1.165, 1.54) is 11.1 Å². The minimum atomic E-state index is 0.439. The number of hydrogen-bond acceptors (Lipinski definition) is 3. The number of piperidine rings is 1. The second kappa shape index (κ2) is 9.74. The van der Waals surface area contributed by atoms with E-state index in [0.717, 1.165) is 48.7 Å². The highest BCUT2D eigenvalue weighted by molar-refractivity contribution is 9.10. The summed E-state index contributed by atoms with van der Waals surface area (Å²) in [5.41, 5.74) is 2.51. The summed E-state index contributed by atoms with van der Waals surface area (Å²) >= 11 is 3.52. The van der Waals surface area contributed by atoms with Gasteiger partial charge in [0.15, 0.2) is 5.96 Å². The van der Waals surface area contributed by atoms with Gasteiger partial charge in [0.2, 0.25) is 0 Å². The number of benzene rings is 1. The van der Waals surface area contributed by atoms with E-state index >= 15 is 0 Å². The molecule has 0 amide bonds. The third-order valence-corrected chi connectivity index (χ3v) is 5.36. The summed E-state index contributed by atoms with van der Waals surface area (Å²) in [6, 6.07) is 12.9. The summed E-state index contributed by atoms with van der Waals surface area (Å²) in [7, 11) is 0. The Labute approximate surface area is 170 Å².